The fourth-order valence-corrected chi connectivity index (χ4v) is 2.04. The van der Waals surface area contributed by atoms with E-state index in [1.807, 2.05) is 0 Å². The lowest BCUT2D eigenvalue weighted by Crippen LogP contribution is -2.46. The summed E-state index contributed by atoms with van der Waals surface area (Å²) in [7, 11) is 0. The van der Waals surface area contributed by atoms with Gasteiger partial charge in [0.1, 0.15) is 6.61 Å². The molecule has 8 nitrogen and oxygen atoms in total. The molecule has 0 spiro atoms. The molecule has 2 N–H and O–H groups in total. The summed E-state index contributed by atoms with van der Waals surface area (Å²) in [6.07, 6.45) is -0.00841. The summed E-state index contributed by atoms with van der Waals surface area (Å²) in [5, 5.41) is 14.5. The van der Waals surface area contributed by atoms with E-state index in [1.54, 1.807) is 30.3 Å². The molecule has 0 radical (unpaired) electrons. The Morgan fingerprint density at radius 1 is 1.35 bits per heavy atom. The molecule has 0 bridgehead atoms. The number of thiocarbonyl (C=S) groups is 1. The Labute approximate surface area is 138 Å². The van der Waals surface area contributed by atoms with Crippen LogP contribution in [0.4, 0.5) is 0 Å². The Bertz CT molecular complexity index is 579. The van der Waals surface area contributed by atoms with Crippen molar-refractivity contribution in [3.8, 4) is 0 Å². The summed E-state index contributed by atoms with van der Waals surface area (Å²) in [6, 6.07) is 7.94. The van der Waals surface area contributed by atoms with Crippen LogP contribution in [0.5, 0.6) is 0 Å². The molecule has 0 heterocycles. The van der Waals surface area contributed by atoms with Crippen molar-refractivity contribution in [1.29, 1.82) is 0 Å². The van der Waals surface area contributed by atoms with Crippen LogP contribution >= 0.6 is 12.2 Å². The number of benzene rings is 1. The summed E-state index contributed by atoms with van der Waals surface area (Å²) in [6.45, 7) is 1.22. The highest BCUT2D eigenvalue weighted by atomic mass is 32.1. The van der Waals surface area contributed by atoms with Crippen molar-refractivity contribution < 1.29 is 19.5 Å². The molecular weight excluding hydrogens is 322 g/mol. The number of ketones is 1. The zero-order chi connectivity index (χ0) is 17.2. The van der Waals surface area contributed by atoms with Crippen molar-refractivity contribution in [3.63, 3.8) is 0 Å². The standard InChI is InChI=1S/C14H17N3O5S/c1-10(18)16-12(14(23)15-7-8-22-17(20)21)9-13(19)11-5-3-2-4-6-11/h2-6,12H,7-9H2,1H3,(H,15,23)(H,16,18)/t12-/m1/s1. The second-order valence-electron chi connectivity index (χ2n) is 4.59. The maximum Gasteiger partial charge on any atom is 0.294 e. The topological polar surface area (TPSA) is 111 Å². The Hall–Kier alpha value is -2.55. The molecule has 1 amide bonds. The van der Waals surface area contributed by atoms with Gasteiger partial charge < -0.3 is 15.5 Å². The van der Waals surface area contributed by atoms with Gasteiger partial charge in [0.25, 0.3) is 5.09 Å². The Morgan fingerprint density at radius 3 is 2.57 bits per heavy atom. The van der Waals surface area contributed by atoms with Gasteiger partial charge >= 0.3 is 0 Å². The third kappa shape index (κ3) is 7.32. The second kappa shape index (κ2) is 9.46. The summed E-state index contributed by atoms with van der Waals surface area (Å²) >= 11 is 5.14. The maximum atomic E-state index is 12.2. The fraction of sp³-hybridized carbons (Fsp3) is 0.357. The normalized spacial score (nSPS) is 11.2. The number of amides is 1. The molecule has 9 heteroatoms. The lowest BCUT2D eigenvalue weighted by atomic mass is 10.0. The van der Waals surface area contributed by atoms with Crippen LogP contribution in [0.25, 0.3) is 0 Å². The summed E-state index contributed by atoms with van der Waals surface area (Å²) in [5.41, 5.74) is 0.516. The minimum Gasteiger partial charge on any atom is -0.376 e. The fourth-order valence-electron chi connectivity index (χ4n) is 1.80. The Morgan fingerprint density at radius 2 is 2.00 bits per heavy atom. The van der Waals surface area contributed by atoms with Gasteiger partial charge in [-0.1, -0.05) is 42.5 Å². The lowest BCUT2D eigenvalue weighted by molar-refractivity contribution is -0.757. The van der Waals surface area contributed by atoms with Crippen molar-refractivity contribution in [2.75, 3.05) is 13.2 Å². The highest BCUT2D eigenvalue weighted by Crippen LogP contribution is 2.06. The molecule has 0 saturated heterocycles. The minimum absolute atomic E-state index is 0.00841. The van der Waals surface area contributed by atoms with E-state index < -0.39 is 11.1 Å². The number of Topliss-reactive ketones (excluding diaryl/α,β-unsaturated/α-hetero) is 1. The highest BCUT2D eigenvalue weighted by Gasteiger charge is 2.20. The molecule has 0 saturated carbocycles. The first-order valence-corrected chi connectivity index (χ1v) is 7.21. The maximum absolute atomic E-state index is 12.2. The number of nitrogens with zero attached hydrogens (tertiary/aromatic N) is 1. The number of hydrogen-bond donors (Lipinski definition) is 2. The number of carbonyl (C=O) groups is 2. The number of nitrogens with one attached hydrogen (secondary N) is 2. The molecule has 1 atom stereocenters. The van der Waals surface area contributed by atoms with Crippen LogP contribution in [-0.4, -0.2) is 41.0 Å². The molecule has 1 aromatic rings. The van der Waals surface area contributed by atoms with Crippen LogP contribution < -0.4 is 10.6 Å². The van der Waals surface area contributed by atoms with Gasteiger partial charge in [-0.2, -0.15) is 0 Å². The van der Waals surface area contributed by atoms with Crippen molar-refractivity contribution in [2.24, 2.45) is 0 Å². The van der Waals surface area contributed by atoms with Crippen LogP contribution in [0.2, 0.25) is 0 Å². The highest BCUT2D eigenvalue weighted by molar-refractivity contribution is 7.80. The number of carbonyl (C=O) groups excluding carboxylic acids is 2. The summed E-state index contributed by atoms with van der Waals surface area (Å²) in [5.74, 6) is -0.503. The van der Waals surface area contributed by atoms with Crippen molar-refractivity contribution in [2.45, 2.75) is 19.4 Å². The predicted molar refractivity (Wildman–Crippen MR) is 86.5 cm³/mol. The van der Waals surface area contributed by atoms with E-state index in [2.05, 4.69) is 15.5 Å². The van der Waals surface area contributed by atoms with E-state index >= 15 is 0 Å². The molecule has 0 aromatic heterocycles. The van der Waals surface area contributed by atoms with E-state index in [4.69, 9.17) is 12.2 Å². The third-order valence-corrected chi connectivity index (χ3v) is 3.21. The minimum atomic E-state index is -0.908. The van der Waals surface area contributed by atoms with E-state index in [0.717, 1.165) is 0 Å². The lowest BCUT2D eigenvalue weighted by Gasteiger charge is -2.19. The smallest absolute Gasteiger partial charge is 0.294 e. The van der Waals surface area contributed by atoms with Gasteiger partial charge in [-0.15, -0.1) is 10.1 Å². The first-order chi connectivity index (χ1) is 10.9. The van der Waals surface area contributed by atoms with Crippen LogP contribution in [0.1, 0.15) is 23.7 Å². The van der Waals surface area contributed by atoms with E-state index in [-0.39, 0.29) is 36.3 Å². The monoisotopic (exact) mass is 339 g/mol. The number of hydrogen-bond acceptors (Lipinski definition) is 6. The molecule has 23 heavy (non-hydrogen) atoms. The zero-order valence-corrected chi connectivity index (χ0v) is 13.3. The van der Waals surface area contributed by atoms with Crippen molar-refractivity contribution in [1.82, 2.24) is 10.6 Å². The number of rotatable bonds is 9. The summed E-state index contributed by atoms with van der Waals surface area (Å²) < 4.78 is 0. The molecule has 124 valence electrons. The van der Waals surface area contributed by atoms with Gasteiger partial charge in [0.05, 0.1) is 11.0 Å². The van der Waals surface area contributed by atoms with Gasteiger partial charge in [0, 0.05) is 25.5 Å². The van der Waals surface area contributed by atoms with E-state index in [9.17, 15) is 19.7 Å². The van der Waals surface area contributed by atoms with Gasteiger partial charge in [0.2, 0.25) is 5.91 Å². The van der Waals surface area contributed by atoms with Gasteiger partial charge in [-0.25, -0.2) is 0 Å². The molecular formula is C14H17N3O5S. The summed E-state index contributed by atoms with van der Waals surface area (Å²) in [4.78, 5) is 37.9. The van der Waals surface area contributed by atoms with Gasteiger partial charge in [-0.3, -0.25) is 9.59 Å². The van der Waals surface area contributed by atoms with Gasteiger partial charge in [-0.05, 0) is 0 Å². The van der Waals surface area contributed by atoms with E-state index in [1.165, 1.54) is 6.92 Å². The van der Waals surface area contributed by atoms with Crippen LogP contribution in [0, 0.1) is 10.1 Å². The molecule has 0 unspecified atom stereocenters. The molecule has 1 rings (SSSR count). The molecule has 0 aliphatic carbocycles. The molecule has 0 fully saturated rings. The third-order valence-electron chi connectivity index (χ3n) is 2.78. The average Bonchev–Trinajstić information content (AvgIpc) is 2.50. The quantitative estimate of drug-likeness (QED) is 0.226. The van der Waals surface area contributed by atoms with Crippen molar-refractivity contribution in [3.05, 3.63) is 46.0 Å². The molecule has 1 aromatic carbocycles. The SMILES string of the molecule is CC(=O)N[C@H](CC(=O)c1ccccc1)C(=S)NCCO[N+](=O)[O-]. The van der Waals surface area contributed by atoms with E-state index in [0.29, 0.717) is 5.56 Å². The second-order valence-corrected chi connectivity index (χ2v) is 5.03. The van der Waals surface area contributed by atoms with Crippen LogP contribution in [-0.2, 0) is 9.63 Å². The Kier molecular flexibility index (Phi) is 7.61. The van der Waals surface area contributed by atoms with Crippen LogP contribution in [0.15, 0.2) is 30.3 Å². The first kappa shape index (κ1) is 18.5. The largest absolute Gasteiger partial charge is 0.376 e. The zero-order valence-electron chi connectivity index (χ0n) is 12.5. The molecule has 0 aliphatic rings. The van der Waals surface area contributed by atoms with Crippen molar-refractivity contribution >= 4 is 28.9 Å². The average molecular weight is 339 g/mol. The predicted octanol–water partition coefficient (Wildman–Crippen LogP) is 0.889. The van der Waals surface area contributed by atoms with Gasteiger partial charge in [0.15, 0.2) is 5.78 Å². The molecule has 0 aliphatic heterocycles. The first-order valence-electron chi connectivity index (χ1n) is 6.80. The Balaban J connectivity index is 2.61. The van der Waals surface area contributed by atoms with Crippen LogP contribution in [0.3, 0.4) is 0 Å².